The monoisotopic (exact) mass is 517 g/mol. The number of hydrogen-bond acceptors (Lipinski definition) is 4. The molecule has 3 rings (SSSR count). The number of rotatable bonds is 17. The molecule has 0 saturated carbocycles. The average molecular weight is 518 g/mol. The van der Waals surface area contributed by atoms with Gasteiger partial charge in [-0.15, -0.1) is 0 Å². The summed E-state index contributed by atoms with van der Waals surface area (Å²) in [6.45, 7) is 6.09. The third kappa shape index (κ3) is 9.64. The lowest BCUT2D eigenvalue weighted by Gasteiger charge is -2.29. The van der Waals surface area contributed by atoms with Gasteiger partial charge in [-0.3, -0.25) is 4.98 Å². The molecule has 0 aliphatic carbocycles. The van der Waals surface area contributed by atoms with E-state index in [-0.39, 0.29) is 11.3 Å². The first-order valence-corrected chi connectivity index (χ1v) is 14.4. The van der Waals surface area contributed by atoms with Crippen molar-refractivity contribution in [2.75, 3.05) is 19.8 Å². The van der Waals surface area contributed by atoms with Crippen molar-refractivity contribution >= 4 is 0 Å². The van der Waals surface area contributed by atoms with E-state index < -0.39 is 17.9 Å². The van der Waals surface area contributed by atoms with Crippen LogP contribution in [0.15, 0.2) is 30.5 Å². The second kappa shape index (κ2) is 16.7. The minimum atomic E-state index is -0.972. The van der Waals surface area contributed by atoms with Gasteiger partial charge in [0.2, 0.25) is 5.82 Å². The summed E-state index contributed by atoms with van der Waals surface area (Å²) in [7, 11) is 0. The molecular formula is C31H45F2NO3. The van der Waals surface area contributed by atoms with Crippen molar-refractivity contribution in [2.45, 2.75) is 104 Å². The number of unbranched alkanes of at least 4 members (excludes halogenated alkanes) is 10. The van der Waals surface area contributed by atoms with Crippen LogP contribution in [0.3, 0.4) is 0 Å². The number of nitrogens with zero attached hydrogens (tertiary/aromatic N) is 1. The van der Waals surface area contributed by atoms with E-state index >= 15 is 0 Å². The minimum absolute atomic E-state index is 0.0556. The van der Waals surface area contributed by atoms with Gasteiger partial charge in [-0.25, -0.2) is 4.39 Å². The summed E-state index contributed by atoms with van der Waals surface area (Å²) < 4.78 is 46.7. The Morgan fingerprint density at radius 2 is 1.43 bits per heavy atom. The van der Waals surface area contributed by atoms with Crippen LogP contribution in [0.2, 0.25) is 0 Å². The van der Waals surface area contributed by atoms with Gasteiger partial charge in [-0.1, -0.05) is 90.5 Å². The molecule has 4 nitrogen and oxygen atoms in total. The Labute approximate surface area is 222 Å². The lowest BCUT2D eigenvalue weighted by Crippen LogP contribution is -2.27. The van der Waals surface area contributed by atoms with Crippen LogP contribution < -0.4 is 4.74 Å². The molecule has 1 aliphatic heterocycles. The van der Waals surface area contributed by atoms with Gasteiger partial charge in [0, 0.05) is 23.2 Å². The first kappa shape index (κ1) is 29.5. The van der Waals surface area contributed by atoms with E-state index in [1.54, 1.807) is 18.3 Å². The van der Waals surface area contributed by atoms with Crippen LogP contribution in [-0.4, -0.2) is 24.8 Å². The molecule has 0 unspecified atom stereocenters. The standard InChI is InChI=1S/C31H45F2NO3/c1-3-5-7-9-10-11-12-13-15-24-22-36-31(37-23-24)25-16-18-27(34-21-25)26-17-19-28(30(33)29(26)32)35-20-14-8-6-4-2/h16-19,21,24,31H,3-15,20,22-23H2,1-2H3. The van der Waals surface area contributed by atoms with E-state index in [2.05, 4.69) is 18.8 Å². The summed E-state index contributed by atoms with van der Waals surface area (Å²) in [4.78, 5) is 4.36. The zero-order valence-electron chi connectivity index (χ0n) is 22.8. The quantitative estimate of drug-likeness (QED) is 0.196. The van der Waals surface area contributed by atoms with E-state index in [9.17, 15) is 8.78 Å². The smallest absolute Gasteiger partial charge is 0.201 e. The van der Waals surface area contributed by atoms with Crippen molar-refractivity contribution in [3.05, 3.63) is 47.7 Å². The van der Waals surface area contributed by atoms with Crippen LogP contribution in [0.4, 0.5) is 8.78 Å². The Morgan fingerprint density at radius 3 is 2.08 bits per heavy atom. The number of pyridine rings is 1. The van der Waals surface area contributed by atoms with E-state index in [1.807, 2.05) is 0 Å². The van der Waals surface area contributed by atoms with Crippen molar-refractivity contribution in [1.82, 2.24) is 4.98 Å². The van der Waals surface area contributed by atoms with Crippen LogP contribution in [0.5, 0.6) is 5.75 Å². The van der Waals surface area contributed by atoms with E-state index in [4.69, 9.17) is 14.2 Å². The number of ether oxygens (including phenoxy) is 3. The van der Waals surface area contributed by atoms with E-state index in [0.29, 0.717) is 31.4 Å². The van der Waals surface area contributed by atoms with Gasteiger partial charge in [0.25, 0.3) is 0 Å². The van der Waals surface area contributed by atoms with Gasteiger partial charge in [-0.05, 0) is 31.0 Å². The minimum Gasteiger partial charge on any atom is -0.490 e. The predicted octanol–water partition coefficient (Wildman–Crippen LogP) is 9.18. The van der Waals surface area contributed by atoms with Gasteiger partial charge >= 0.3 is 0 Å². The molecule has 1 aromatic carbocycles. The van der Waals surface area contributed by atoms with Crippen molar-refractivity contribution in [3.63, 3.8) is 0 Å². The summed E-state index contributed by atoms with van der Waals surface area (Å²) in [5.41, 5.74) is 1.25. The zero-order valence-corrected chi connectivity index (χ0v) is 22.8. The van der Waals surface area contributed by atoms with Crippen LogP contribution in [0.1, 0.15) is 109 Å². The fourth-order valence-electron chi connectivity index (χ4n) is 4.73. The molecule has 1 aliphatic rings. The molecule has 206 valence electrons. The van der Waals surface area contributed by atoms with Crippen LogP contribution in [0.25, 0.3) is 11.3 Å². The predicted molar refractivity (Wildman–Crippen MR) is 145 cm³/mol. The maximum absolute atomic E-state index is 14.8. The number of halogens is 2. The Bertz CT molecular complexity index is 898. The maximum atomic E-state index is 14.8. The van der Waals surface area contributed by atoms with E-state index in [1.165, 1.54) is 63.5 Å². The molecule has 0 N–H and O–H groups in total. The molecule has 2 heterocycles. The SMILES string of the molecule is CCCCCCCCCCC1COC(c2ccc(-c3ccc(OCCCCCC)c(F)c3F)nc2)OC1. The molecular weight excluding hydrogens is 472 g/mol. The highest BCUT2D eigenvalue weighted by atomic mass is 19.2. The molecule has 0 bridgehead atoms. The molecule has 1 saturated heterocycles. The second-order valence-corrected chi connectivity index (χ2v) is 10.3. The Morgan fingerprint density at radius 1 is 0.784 bits per heavy atom. The highest BCUT2D eigenvalue weighted by molar-refractivity contribution is 5.61. The maximum Gasteiger partial charge on any atom is 0.201 e. The van der Waals surface area contributed by atoms with Crippen LogP contribution in [-0.2, 0) is 9.47 Å². The summed E-state index contributed by atoms with van der Waals surface area (Å²) in [6.07, 6.45) is 16.9. The van der Waals surface area contributed by atoms with Gasteiger partial charge in [-0.2, -0.15) is 4.39 Å². The normalized spacial score (nSPS) is 17.7. The lowest BCUT2D eigenvalue weighted by atomic mass is 10.0. The lowest BCUT2D eigenvalue weighted by molar-refractivity contribution is -0.206. The zero-order chi connectivity index (χ0) is 26.3. The highest BCUT2D eigenvalue weighted by Gasteiger charge is 2.24. The molecule has 0 atom stereocenters. The Hall–Kier alpha value is -2.05. The molecule has 1 aromatic heterocycles. The molecule has 1 fully saturated rings. The fraction of sp³-hybridized carbons (Fsp3) is 0.645. The molecule has 2 aromatic rings. The topological polar surface area (TPSA) is 40.6 Å². The van der Waals surface area contributed by atoms with Gasteiger partial charge in [0.1, 0.15) is 0 Å². The summed E-state index contributed by atoms with van der Waals surface area (Å²) >= 11 is 0. The fourth-order valence-corrected chi connectivity index (χ4v) is 4.73. The largest absolute Gasteiger partial charge is 0.490 e. The summed E-state index contributed by atoms with van der Waals surface area (Å²) in [5, 5.41) is 0. The molecule has 37 heavy (non-hydrogen) atoms. The summed E-state index contributed by atoms with van der Waals surface area (Å²) in [5.74, 6) is -1.55. The third-order valence-electron chi connectivity index (χ3n) is 7.07. The number of hydrogen-bond donors (Lipinski definition) is 0. The van der Waals surface area contributed by atoms with Crippen LogP contribution >= 0.6 is 0 Å². The van der Waals surface area contributed by atoms with Gasteiger partial charge < -0.3 is 14.2 Å². The number of benzene rings is 1. The van der Waals surface area contributed by atoms with Gasteiger partial charge in [0.05, 0.1) is 25.5 Å². The van der Waals surface area contributed by atoms with Crippen LogP contribution in [0, 0.1) is 17.6 Å². The van der Waals surface area contributed by atoms with Crippen molar-refractivity contribution in [2.24, 2.45) is 5.92 Å². The van der Waals surface area contributed by atoms with Gasteiger partial charge in [0.15, 0.2) is 17.9 Å². The number of aromatic nitrogens is 1. The molecule has 6 heteroatoms. The van der Waals surface area contributed by atoms with Crippen molar-refractivity contribution in [1.29, 1.82) is 0 Å². The van der Waals surface area contributed by atoms with E-state index in [0.717, 1.165) is 37.7 Å². The third-order valence-corrected chi connectivity index (χ3v) is 7.07. The Kier molecular flexibility index (Phi) is 13.3. The summed E-state index contributed by atoms with van der Waals surface area (Å²) in [6, 6.07) is 6.48. The first-order valence-electron chi connectivity index (χ1n) is 14.4. The second-order valence-electron chi connectivity index (χ2n) is 10.3. The first-order chi connectivity index (χ1) is 18.1. The molecule has 0 radical (unpaired) electrons. The Balaban J connectivity index is 1.42. The van der Waals surface area contributed by atoms with Crippen molar-refractivity contribution < 1.29 is 23.0 Å². The van der Waals surface area contributed by atoms with Crippen molar-refractivity contribution in [3.8, 4) is 17.0 Å². The molecule has 0 amide bonds. The average Bonchev–Trinajstić information content (AvgIpc) is 2.93. The highest BCUT2D eigenvalue weighted by Crippen LogP contribution is 2.31. The molecule has 0 spiro atoms.